The zero-order chi connectivity index (χ0) is 22.5. The number of phenolic OH excluding ortho intramolecular Hbond substituents is 1. The Hall–Kier alpha value is -4.59. The number of benzene rings is 2. The van der Waals surface area contributed by atoms with E-state index in [2.05, 4.69) is 10.1 Å². The molecule has 6 rings (SSSR count). The fourth-order valence-corrected chi connectivity index (χ4v) is 4.14. The molecular formula is C25H18N4O4. The number of aryl methyl sites for hydroxylation is 1. The summed E-state index contributed by atoms with van der Waals surface area (Å²) < 4.78 is 13.9. The molecule has 0 fully saturated rings. The second kappa shape index (κ2) is 7.23. The molecule has 2 N–H and O–H groups in total. The molecule has 0 amide bonds. The third kappa shape index (κ3) is 3.11. The number of ether oxygens (including phenoxy) is 1. The van der Waals surface area contributed by atoms with Gasteiger partial charge in [0.25, 0.3) is 0 Å². The van der Waals surface area contributed by atoms with Gasteiger partial charge in [0.15, 0.2) is 16.7 Å². The van der Waals surface area contributed by atoms with Crippen molar-refractivity contribution >= 4 is 33.1 Å². The zero-order valence-corrected chi connectivity index (χ0v) is 17.6. The number of nitrogens with zero attached hydrogens (tertiary/aromatic N) is 3. The molecular weight excluding hydrogens is 420 g/mol. The molecule has 8 nitrogen and oxygen atoms in total. The van der Waals surface area contributed by atoms with Crippen molar-refractivity contribution in [3.8, 4) is 22.6 Å². The van der Waals surface area contributed by atoms with Crippen molar-refractivity contribution < 1.29 is 14.3 Å². The van der Waals surface area contributed by atoms with E-state index in [1.54, 1.807) is 17.1 Å². The van der Waals surface area contributed by atoms with Gasteiger partial charge in [-0.3, -0.25) is 14.5 Å². The minimum Gasteiger partial charge on any atom is -0.507 e. The van der Waals surface area contributed by atoms with Crippen LogP contribution in [0.15, 0.2) is 76.3 Å². The molecule has 0 radical (unpaired) electrons. The number of hydrogen-bond donors (Lipinski definition) is 2. The summed E-state index contributed by atoms with van der Waals surface area (Å²) in [5, 5.41) is 14.9. The SMILES string of the molecule is Cn1[nH]cc2c(-c3cccc(OCc4cccnc4)c3)c3oc4cc(=O)cc(O)c4c3nc21. The van der Waals surface area contributed by atoms with Crippen molar-refractivity contribution in [2.75, 3.05) is 0 Å². The van der Waals surface area contributed by atoms with Gasteiger partial charge in [-0.2, -0.15) is 0 Å². The van der Waals surface area contributed by atoms with Gasteiger partial charge in [0.2, 0.25) is 0 Å². The average Bonchev–Trinajstić information content (AvgIpc) is 3.37. The van der Waals surface area contributed by atoms with Crippen molar-refractivity contribution in [1.29, 1.82) is 0 Å². The number of nitrogens with one attached hydrogen (secondary N) is 1. The number of aromatic hydroxyl groups is 1. The smallest absolute Gasteiger partial charge is 0.186 e. The summed E-state index contributed by atoms with van der Waals surface area (Å²) in [6.07, 6.45) is 5.35. The lowest BCUT2D eigenvalue weighted by molar-refractivity contribution is 0.306. The Bertz CT molecular complexity index is 1710. The number of fused-ring (bicyclic) bond motifs is 4. The molecule has 2 aromatic carbocycles. The van der Waals surface area contributed by atoms with E-state index < -0.39 is 0 Å². The van der Waals surface area contributed by atoms with E-state index in [4.69, 9.17) is 14.1 Å². The van der Waals surface area contributed by atoms with Gasteiger partial charge in [-0.25, -0.2) is 4.98 Å². The van der Waals surface area contributed by atoms with Crippen molar-refractivity contribution in [3.05, 3.63) is 82.9 Å². The number of pyridine rings is 2. The van der Waals surface area contributed by atoms with Gasteiger partial charge >= 0.3 is 0 Å². The molecule has 33 heavy (non-hydrogen) atoms. The Balaban J connectivity index is 1.57. The Morgan fingerprint density at radius 1 is 1.18 bits per heavy atom. The number of aromatic amines is 1. The molecule has 6 aromatic rings. The molecule has 4 aromatic heterocycles. The standard InChI is InChI=1S/C25H18N4O4/c1-29-25-18(12-27-29)21(24-23(28-25)22-19(31)9-16(30)10-20(22)33-24)15-5-2-6-17(8-15)32-13-14-4-3-7-26-11-14/h2-12,27,31H,13H2,1H3. The van der Waals surface area contributed by atoms with E-state index in [0.717, 1.165) is 22.1 Å². The van der Waals surface area contributed by atoms with Crippen LogP contribution in [0.5, 0.6) is 11.5 Å². The van der Waals surface area contributed by atoms with E-state index >= 15 is 0 Å². The molecule has 0 bridgehead atoms. The minimum absolute atomic E-state index is 0.152. The van der Waals surface area contributed by atoms with Crippen LogP contribution in [0.25, 0.3) is 44.2 Å². The first-order valence-electron chi connectivity index (χ1n) is 10.3. The monoisotopic (exact) mass is 438 g/mol. The lowest BCUT2D eigenvalue weighted by atomic mass is 10.0. The Morgan fingerprint density at radius 3 is 2.94 bits per heavy atom. The van der Waals surface area contributed by atoms with Crippen LogP contribution in [0.4, 0.5) is 0 Å². The maximum absolute atomic E-state index is 11.9. The lowest BCUT2D eigenvalue weighted by Gasteiger charge is -2.09. The van der Waals surface area contributed by atoms with E-state index in [-0.39, 0.29) is 11.2 Å². The second-order valence-electron chi connectivity index (χ2n) is 7.83. The fourth-order valence-electron chi connectivity index (χ4n) is 4.14. The van der Waals surface area contributed by atoms with Crippen molar-refractivity contribution in [2.45, 2.75) is 6.61 Å². The molecule has 0 aliphatic heterocycles. The number of hydrogen-bond acceptors (Lipinski definition) is 6. The number of H-pyrrole nitrogens is 1. The maximum atomic E-state index is 11.9. The lowest BCUT2D eigenvalue weighted by Crippen LogP contribution is -1.96. The third-order valence-electron chi connectivity index (χ3n) is 5.65. The van der Waals surface area contributed by atoms with E-state index in [1.165, 1.54) is 12.1 Å². The zero-order valence-electron chi connectivity index (χ0n) is 17.6. The van der Waals surface area contributed by atoms with E-state index in [0.29, 0.717) is 40.1 Å². The molecule has 0 aliphatic carbocycles. The molecule has 8 heteroatoms. The fraction of sp³-hybridized carbons (Fsp3) is 0.0800. The van der Waals surface area contributed by atoms with Gasteiger partial charge in [0.1, 0.15) is 29.2 Å². The van der Waals surface area contributed by atoms with Gasteiger partial charge in [-0.05, 0) is 23.8 Å². The summed E-state index contributed by atoms with van der Waals surface area (Å²) in [4.78, 5) is 20.8. The van der Waals surface area contributed by atoms with E-state index in [9.17, 15) is 9.90 Å². The number of rotatable bonds is 4. The molecule has 0 saturated carbocycles. The Kier molecular flexibility index (Phi) is 4.19. The van der Waals surface area contributed by atoms with Gasteiger partial charge < -0.3 is 19.4 Å². The minimum atomic E-state index is -0.329. The van der Waals surface area contributed by atoms with Crippen molar-refractivity contribution in [1.82, 2.24) is 19.7 Å². The van der Waals surface area contributed by atoms with Crippen LogP contribution < -0.4 is 10.2 Å². The molecule has 162 valence electrons. The molecule has 4 heterocycles. The molecule has 0 spiro atoms. The Labute approximate surface area is 186 Å². The summed E-state index contributed by atoms with van der Waals surface area (Å²) in [7, 11) is 1.86. The first-order chi connectivity index (χ1) is 16.1. The molecule has 0 unspecified atom stereocenters. The van der Waals surface area contributed by atoms with Gasteiger partial charge in [0.05, 0.1) is 5.39 Å². The van der Waals surface area contributed by atoms with Gasteiger partial charge in [-0.1, -0.05) is 18.2 Å². The highest BCUT2D eigenvalue weighted by Gasteiger charge is 2.22. The highest BCUT2D eigenvalue weighted by Crippen LogP contribution is 2.41. The number of furan rings is 1. The highest BCUT2D eigenvalue weighted by molar-refractivity contribution is 6.15. The highest BCUT2D eigenvalue weighted by atomic mass is 16.5. The van der Waals surface area contributed by atoms with Crippen LogP contribution >= 0.6 is 0 Å². The third-order valence-corrected chi connectivity index (χ3v) is 5.65. The summed E-state index contributed by atoms with van der Waals surface area (Å²) >= 11 is 0. The molecule has 0 atom stereocenters. The van der Waals surface area contributed by atoms with Crippen LogP contribution in [-0.2, 0) is 13.7 Å². The average molecular weight is 438 g/mol. The summed E-state index contributed by atoms with van der Waals surface area (Å²) in [6.45, 7) is 0.391. The maximum Gasteiger partial charge on any atom is 0.186 e. The van der Waals surface area contributed by atoms with Crippen LogP contribution in [-0.4, -0.2) is 24.9 Å². The molecule has 0 aliphatic rings. The summed E-state index contributed by atoms with van der Waals surface area (Å²) in [6, 6.07) is 14.1. The predicted molar refractivity (Wildman–Crippen MR) is 124 cm³/mol. The molecule has 0 saturated heterocycles. The first kappa shape index (κ1) is 19.1. The van der Waals surface area contributed by atoms with E-state index in [1.807, 2.05) is 49.6 Å². The number of aromatic nitrogens is 4. The first-order valence-corrected chi connectivity index (χ1v) is 10.3. The van der Waals surface area contributed by atoms with Gasteiger partial charge in [0, 0.05) is 54.3 Å². The largest absolute Gasteiger partial charge is 0.507 e. The summed E-state index contributed by atoms with van der Waals surface area (Å²) in [5.41, 5.74) is 4.25. The normalized spacial score (nSPS) is 11.5. The van der Waals surface area contributed by atoms with Crippen molar-refractivity contribution in [3.63, 3.8) is 0 Å². The quantitative estimate of drug-likeness (QED) is 0.420. The Morgan fingerprint density at radius 2 is 2.09 bits per heavy atom. The van der Waals surface area contributed by atoms with Gasteiger partial charge in [-0.15, -0.1) is 0 Å². The summed E-state index contributed by atoms with van der Waals surface area (Å²) in [5.74, 6) is 0.538. The predicted octanol–water partition coefficient (Wildman–Crippen LogP) is 4.51. The van der Waals surface area contributed by atoms with Crippen LogP contribution in [0, 0.1) is 0 Å². The topological polar surface area (TPSA) is 106 Å². The van der Waals surface area contributed by atoms with Crippen LogP contribution in [0.1, 0.15) is 5.56 Å². The number of phenols is 1. The van der Waals surface area contributed by atoms with Crippen molar-refractivity contribution in [2.24, 2.45) is 7.05 Å². The second-order valence-corrected chi connectivity index (χ2v) is 7.83. The van der Waals surface area contributed by atoms with Crippen LogP contribution in [0.3, 0.4) is 0 Å². The van der Waals surface area contributed by atoms with Crippen LogP contribution in [0.2, 0.25) is 0 Å².